The van der Waals surface area contributed by atoms with Crippen LogP contribution in [-0.4, -0.2) is 27.2 Å². The van der Waals surface area contributed by atoms with Gasteiger partial charge in [0.05, 0.1) is 12.2 Å². The smallest absolute Gasteiger partial charge is 0.267 e. The predicted molar refractivity (Wildman–Crippen MR) is 71.1 cm³/mol. The summed E-state index contributed by atoms with van der Waals surface area (Å²) in [6.45, 7) is 4.36. The van der Waals surface area contributed by atoms with E-state index in [0.29, 0.717) is 6.54 Å². The zero-order chi connectivity index (χ0) is 13.8. The number of nitrogens with one attached hydrogen (secondary N) is 2. The monoisotopic (exact) mass is 260 g/mol. The lowest BCUT2D eigenvalue weighted by Gasteiger charge is -2.13. The quantitative estimate of drug-likeness (QED) is 0.856. The molecule has 0 aliphatic carbocycles. The average molecular weight is 260 g/mol. The predicted octanol–water partition coefficient (Wildman–Crippen LogP) is 0.871. The van der Waals surface area contributed by atoms with Crippen molar-refractivity contribution in [1.82, 2.24) is 20.1 Å². The minimum atomic E-state index is -0.298. The second-order valence-corrected chi connectivity index (χ2v) is 4.49. The largest absolute Gasteiger partial charge is 0.349 e. The highest BCUT2D eigenvalue weighted by molar-refractivity contribution is 5.92. The van der Waals surface area contributed by atoms with E-state index in [4.69, 9.17) is 0 Å². The number of rotatable bonds is 4. The van der Waals surface area contributed by atoms with Crippen molar-refractivity contribution in [3.05, 3.63) is 52.2 Å². The molecular weight excluding hydrogens is 244 g/mol. The molecule has 2 rings (SSSR count). The first-order valence-corrected chi connectivity index (χ1v) is 6.04. The molecule has 0 fully saturated rings. The number of H-pyrrole nitrogens is 1. The molecule has 0 saturated carbocycles. The minimum absolute atomic E-state index is 0.0492. The van der Waals surface area contributed by atoms with Crippen molar-refractivity contribution < 1.29 is 4.79 Å². The fourth-order valence-electron chi connectivity index (χ4n) is 1.68. The van der Waals surface area contributed by atoms with E-state index in [9.17, 15) is 9.59 Å². The average Bonchev–Trinajstić information content (AvgIpc) is 2.82. The van der Waals surface area contributed by atoms with Crippen molar-refractivity contribution in [1.29, 1.82) is 0 Å². The van der Waals surface area contributed by atoms with Crippen LogP contribution < -0.4 is 10.9 Å². The molecule has 100 valence electrons. The van der Waals surface area contributed by atoms with Gasteiger partial charge in [0.25, 0.3) is 5.91 Å². The topological polar surface area (TPSA) is 79.8 Å². The molecule has 6 nitrogen and oxygen atoms in total. The number of aromatic amines is 1. The Morgan fingerprint density at radius 3 is 2.95 bits per heavy atom. The minimum Gasteiger partial charge on any atom is -0.349 e. The third-order valence-electron chi connectivity index (χ3n) is 2.75. The Morgan fingerprint density at radius 1 is 1.53 bits per heavy atom. The van der Waals surface area contributed by atoms with Gasteiger partial charge < -0.3 is 10.3 Å². The van der Waals surface area contributed by atoms with Crippen LogP contribution in [0.15, 0.2) is 35.4 Å². The third-order valence-corrected chi connectivity index (χ3v) is 2.75. The number of nitrogens with zero attached hydrogens (tertiary/aromatic N) is 2. The summed E-state index contributed by atoms with van der Waals surface area (Å²) < 4.78 is 1.79. The Hall–Kier alpha value is -2.37. The maximum Gasteiger partial charge on any atom is 0.267 e. The van der Waals surface area contributed by atoms with Gasteiger partial charge in [0.1, 0.15) is 5.69 Å². The van der Waals surface area contributed by atoms with E-state index in [1.165, 1.54) is 6.07 Å². The van der Waals surface area contributed by atoms with Crippen LogP contribution in [0.4, 0.5) is 0 Å². The Balaban J connectivity index is 1.95. The number of aromatic nitrogens is 3. The van der Waals surface area contributed by atoms with Gasteiger partial charge >= 0.3 is 0 Å². The molecule has 0 bridgehead atoms. The number of hydrogen-bond acceptors (Lipinski definition) is 3. The number of pyridine rings is 1. The van der Waals surface area contributed by atoms with Crippen molar-refractivity contribution in [3.63, 3.8) is 0 Å². The lowest BCUT2D eigenvalue weighted by atomic mass is 10.3. The van der Waals surface area contributed by atoms with Crippen molar-refractivity contribution in [2.45, 2.75) is 19.9 Å². The van der Waals surface area contributed by atoms with E-state index >= 15 is 0 Å². The Kier molecular flexibility index (Phi) is 3.79. The van der Waals surface area contributed by atoms with E-state index in [-0.39, 0.29) is 23.2 Å². The molecule has 0 spiro atoms. The van der Waals surface area contributed by atoms with Crippen molar-refractivity contribution >= 4 is 5.91 Å². The molecule has 2 N–H and O–H groups in total. The number of carbonyl (C=O) groups excluding carboxylic acids is 1. The molecule has 0 radical (unpaired) electrons. The molecule has 0 aliphatic heterocycles. The summed E-state index contributed by atoms with van der Waals surface area (Å²) >= 11 is 0. The number of aryl methyl sites for hydroxylation is 1. The summed E-state index contributed by atoms with van der Waals surface area (Å²) in [7, 11) is 0. The van der Waals surface area contributed by atoms with Crippen LogP contribution in [0.2, 0.25) is 0 Å². The lowest BCUT2D eigenvalue weighted by Crippen LogP contribution is -2.31. The number of amides is 1. The van der Waals surface area contributed by atoms with Crippen molar-refractivity contribution in [3.8, 4) is 0 Å². The SMILES string of the molecule is Cc1cnn([C@H](C)CNC(=O)c2cccc(=O)[nH]2)c1. The van der Waals surface area contributed by atoms with Crippen molar-refractivity contribution in [2.24, 2.45) is 0 Å². The van der Waals surface area contributed by atoms with Crippen LogP contribution in [0, 0.1) is 6.92 Å². The van der Waals surface area contributed by atoms with Crippen LogP contribution >= 0.6 is 0 Å². The summed E-state index contributed by atoms with van der Waals surface area (Å²) in [5, 5.41) is 6.95. The van der Waals surface area contributed by atoms with E-state index in [1.54, 1.807) is 23.0 Å². The molecule has 1 atom stereocenters. The summed E-state index contributed by atoms with van der Waals surface area (Å²) in [5.41, 5.74) is 1.05. The van der Waals surface area contributed by atoms with Crippen molar-refractivity contribution in [2.75, 3.05) is 6.54 Å². The van der Waals surface area contributed by atoms with Gasteiger partial charge in [-0.15, -0.1) is 0 Å². The van der Waals surface area contributed by atoms with Gasteiger partial charge in [-0.25, -0.2) is 0 Å². The molecule has 0 aliphatic rings. The van der Waals surface area contributed by atoms with Gasteiger partial charge in [-0.2, -0.15) is 5.10 Å². The van der Waals surface area contributed by atoms with Crippen LogP contribution in [0.1, 0.15) is 29.0 Å². The number of carbonyl (C=O) groups is 1. The third kappa shape index (κ3) is 3.31. The van der Waals surface area contributed by atoms with Gasteiger partial charge in [-0.3, -0.25) is 14.3 Å². The maximum atomic E-state index is 11.8. The van der Waals surface area contributed by atoms with Crippen LogP contribution in [-0.2, 0) is 0 Å². The molecule has 0 aromatic carbocycles. The van der Waals surface area contributed by atoms with Gasteiger partial charge in [0.15, 0.2) is 0 Å². The Bertz CT molecular complexity index is 629. The molecule has 0 unspecified atom stereocenters. The van der Waals surface area contributed by atoms with Gasteiger partial charge in [-0.1, -0.05) is 6.07 Å². The summed E-state index contributed by atoms with van der Waals surface area (Å²) in [6, 6.07) is 4.53. The zero-order valence-corrected chi connectivity index (χ0v) is 10.9. The molecule has 0 saturated heterocycles. The highest BCUT2D eigenvalue weighted by Gasteiger charge is 2.10. The van der Waals surface area contributed by atoms with E-state index in [1.807, 2.05) is 20.0 Å². The highest BCUT2D eigenvalue weighted by Crippen LogP contribution is 2.04. The van der Waals surface area contributed by atoms with Crippen LogP contribution in [0.5, 0.6) is 0 Å². The normalized spacial score (nSPS) is 12.1. The molecule has 6 heteroatoms. The fourth-order valence-corrected chi connectivity index (χ4v) is 1.68. The van der Waals surface area contributed by atoms with E-state index in [2.05, 4.69) is 15.4 Å². The molecule has 2 aromatic heterocycles. The van der Waals surface area contributed by atoms with Crippen LogP contribution in [0.3, 0.4) is 0 Å². The van der Waals surface area contributed by atoms with E-state index < -0.39 is 0 Å². The molecule has 1 amide bonds. The molecule has 2 aromatic rings. The van der Waals surface area contributed by atoms with Gasteiger partial charge in [0.2, 0.25) is 5.56 Å². The standard InChI is InChI=1S/C13H16N4O2/c1-9-6-15-17(8-9)10(2)7-14-13(19)11-4-3-5-12(18)16-11/h3-6,8,10H,7H2,1-2H3,(H,14,19)(H,16,18)/t10-/m1/s1. The first-order valence-electron chi connectivity index (χ1n) is 6.04. The summed E-state index contributed by atoms with van der Waals surface area (Å²) in [4.78, 5) is 25.4. The molecular formula is C13H16N4O2. The van der Waals surface area contributed by atoms with Crippen LogP contribution in [0.25, 0.3) is 0 Å². The van der Waals surface area contributed by atoms with Gasteiger partial charge in [-0.05, 0) is 25.5 Å². The Labute approximate surface area is 110 Å². The summed E-state index contributed by atoms with van der Waals surface area (Å²) in [5.74, 6) is -0.298. The fraction of sp³-hybridized carbons (Fsp3) is 0.308. The first-order chi connectivity index (χ1) is 9.06. The first kappa shape index (κ1) is 13.1. The lowest BCUT2D eigenvalue weighted by molar-refractivity contribution is 0.0942. The summed E-state index contributed by atoms with van der Waals surface area (Å²) in [6.07, 6.45) is 3.69. The maximum absolute atomic E-state index is 11.8. The highest BCUT2D eigenvalue weighted by atomic mass is 16.2. The number of hydrogen-bond donors (Lipinski definition) is 2. The molecule has 19 heavy (non-hydrogen) atoms. The van der Waals surface area contributed by atoms with E-state index in [0.717, 1.165) is 5.56 Å². The zero-order valence-electron chi connectivity index (χ0n) is 10.9. The molecule has 2 heterocycles. The second kappa shape index (κ2) is 5.51. The second-order valence-electron chi connectivity index (χ2n) is 4.49. The van der Waals surface area contributed by atoms with Gasteiger partial charge in [0, 0.05) is 18.8 Å². The Morgan fingerprint density at radius 2 is 2.32 bits per heavy atom.